The average Bonchev–Trinajstić information content (AvgIpc) is 0.901. The van der Waals surface area contributed by atoms with E-state index in [9.17, 15) is 109 Å². The lowest BCUT2D eigenvalue weighted by molar-refractivity contribution is -0.336. The second-order valence-electron chi connectivity index (χ2n) is 36.3. The summed E-state index contributed by atoms with van der Waals surface area (Å²) in [6.07, 6.45) is -21.2. The van der Waals surface area contributed by atoms with Gasteiger partial charge in [0.15, 0.2) is 37.4 Å². The lowest BCUT2D eigenvalue weighted by Crippen LogP contribution is -2.67. The van der Waals surface area contributed by atoms with Gasteiger partial charge in [-0.3, -0.25) is 48.2 Å². The van der Waals surface area contributed by atoms with E-state index in [1.54, 1.807) is 0 Å². The van der Waals surface area contributed by atoms with Crippen LogP contribution < -0.4 is 21.3 Å². The fourth-order valence-electron chi connectivity index (χ4n) is 18.7. The molecule has 0 bridgehead atoms. The number of carboxylic acids is 2. The van der Waals surface area contributed by atoms with E-state index in [1.807, 2.05) is 13.8 Å². The van der Waals surface area contributed by atoms with Gasteiger partial charge in [0.25, 0.3) is 0 Å². The number of rotatable bonds is 55. The number of hydrogen-bond donors (Lipinski definition) is 16. The van der Waals surface area contributed by atoms with Gasteiger partial charge in [-0.1, -0.05) is 90.9 Å². The Bertz CT molecular complexity index is 3420. The van der Waals surface area contributed by atoms with Gasteiger partial charge in [-0.15, -0.1) is 23.5 Å². The fraction of sp³-hybridized carbons (Fsp3) is 0.886. The second kappa shape index (κ2) is 56.4. The van der Waals surface area contributed by atoms with Gasteiger partial charge >= 0.3 is 11.9 Å². The monoisotopic (exact) mass is 1960 g/mol. The van der Waals surface area contributed by atoms with Crippen LogP contribution in [0.4, 0.5) is 0 Å². The number of aliphatic hydroxyl groups excluding tert-OH is 10. The van der Waals surface area contributed by atoms with Crippen molar-refractivity contribution in [2.24, 2.45) is 23.7 Å². The van der Waals surface area contributed by atoms with Crippen LogP contribution in [0.25, 0.3) is 0 Å². The molecule has 12 unspecified atom stereocenters. The number of carbonyl (C=O) groups excluding carboxylic acids is 8. The normalized spacial score (nSPS) is 34.7. The van der Waals surface area contributed by atoms with Crippen LogP contribution in [0.1, 0.15) is 169 Å². The van der Waals surface area contributed by atoms with E-state index in [4.69, 9.17) is 75.8 Å². The van der Waals surface area contributed by atoms with Crippen molar-refractivity contribution in [3.63, 3.8) is 0 Å². The molecule has 10 fully saturated rings. The number of aliphatic hydroxyl groups is 10. The number of hydrogen-bond acceptors (Lipinski definition) is 38. The van der Waals surface area contributed by atoms with Crippen molar-refractivity contribution in [1.82, 2.24) is 31.1 Å². The Balaban J connectivity index is 0.545. The van der Waals surface area contributed by atoms with Gasteiger partial charge in [-0.05, 0) is 76.0 Å². The molecule has 4 aliphatic carbocycles. The molecule has 766 valence electrons. The Morgan fingerprint density at radius 2 is 0.739 bits per heavy atom. The molecule has 8 amide bonds. The third kappa shape index (κ3) is 32.7. The van der Waals surface area contributed by atoms with Gasteiger partial charge in [0, 0.05) is 51.9 Å². The lowest BCUT2D eigenvalue weighted by Gasteiger charge is -2.48. The minimum absolute atomic E-state index is 0.00469. The quantitative estimate of drug-likeness (QED) is 0.0219. The summed E-state index contributed by atoms with van der Waals surface area (Å²) in [5.41, 5.74) is 0. The van der Waals surface area contributed by atoms with Crippen LogP contribution in [0.3, 0.4) is 0 Å². The van der Waals surface area contributed by atoms with Gasteiger partial charge < -0.3 is 158 Å². The van der Waals surface area contributed by atoms with Gasteiger partial charge in [0.05, 0.1) is 151 Å². The van der Waals surface area contributed by atoms with E-state index in [-0.39, 0.29) is 154 Å². The van der Waals surface area contributed by atoms with Crippen LogP contribution in [-0.2, 0) is 124 Å². The lowest BCUT2D eigenvalue weighted by atomic mass is 9.85. The van der Waals surface area contributed by atoms with E-state index in [0.717, 1.165) is 97.5 Å². The first-order chi connectivity index (χ1) is 64.3. The molecule has 44 nitrogen and oxygen atoms in total. The van der Waals surface area contributed by atoms with Crippen molar-refractivity contribution >= 4 is 82.7 Å². The van der Waals surface area contributed by atoms with Gasteiger partial charge in [0.2, 0.25) is 47.3 Å². The van der Waals surface area contributed by atoms with Crippen LogP contribution >= 0.6 is 23.5 Å². The predicted octanol–water partition coefficient (Wildman–Crippen LogP) is -2.60. The summed E-state index contributed by atoms with van der Waals surface area (Å²) in [6.45, 7) is 7.97. The number of likely N-dealkylation sites (tertiary alicyclic amines) is 2. The first-order valence-electron chi connectivity index (χ1n) is 47.5. The Hall–Kier alpha value is -5.24. The first-order valence-corrected chi connectivity index (χ1v) is 49.6. The third-order valence-corrected chi connectivity index (χ3v) is 28.8. The molecule has 16 N–H and O–H groups in total. The molecule has 0 aromatic heterocycles. The number of amides is 8. The maximum absolute atomic E-state index is 14.1. The number of carboxylic acid groups (broad SMARTS) is 2. The fourth-order valence-corrected chi connectivity index (χ4v) is 20.7. The van der Waals surface area contributed by atoms with Crippen molar-refractivity contribution in [3.8, 4) is 0 Å². The predicted molar refractivity (Wildman–Crippen MR) is 468 cm³/mol. The average molecular weight is 1960 g/mol. The highest BCUT2D eigenvalue weighted by Crippen LogP contribution is 2.41. The largest absolute Gasteiger partial charge is 0.479 e. The zero-order valence-corrected chi connectivity index (χ0v) is 78.5. The molecule has 0 aromatic rings. The minimum atomic E-state index is -1.69. The molecular weight excluding hydrogens is 1810 g/mol. The minimum Gasteiger partial charge on any atom is -0.479 e. The SMILES string of the molecule is CC1O[C@@H](O[C@@H]2C(C)CCC[C@H]2O[C@@H]2O[C@@H](CO)[C@H](O)C(O[C@@H](CC3CCCCC3)C(=O)O)C2NC(=O)CSC2CC(=O)N(CCC(=O)NCCOCCOCCOCCOCCOCCOCCNC(=O)CCN3C(=O)CC(SCC(=O)NC4C(O[C@@H](CC5CCCCC5)C(=O)O)[C@@H](O)[C@H](CO)O[C@H]4O[C@@H]4CCCC(C)[C@H]4O[C@@H]4OC(C)[C@@H](O)[C@H](O)C4O)C3=O)C2=O)C(O)[C@@H](O)[C@@H]1O. The number of aliphatic carboxylic acids is 2. The number of carbonyl (C=O) groups is 10. The summed E-state index contributed by atoms with van der Waals surface area (Å²) >= 11 is 1.72. The number of nitrogens with zero attached hydrogens (tertiary/aromatic N) is 2. The standard InChI is InChI=1S/C88H144N6O38S2/c1-47-13-11-19-53(77(47)131-87-75(109)73(107)69(103)49(3)123-87)127-85-67(79(71(105)57(43-95)129-85)125-55(83(113)114)39-51-15-7-5-8-16-51)91-63(99)45-133-59-41-65(101)93(81(59)111)25-21-61(97)89-23-27-117-29-31-119-33-35-121-37-38-122-36-34-120-32-30-118-28-24-90-62(98)22-26-94-66(102)42-60(82(94)112)134-46-64(100)92-68-80(126-56(84(115)116)40-52-17-9-6-10-18-52)72(106)58(44-96)130-86(68)128-54-20-12-14-48(2)78(54)132-88-76(110)74(108)70(104)50(4)124-88/h47-60,67-80,85-88,95-96,103-110H,5-46H2,1-4H3,(H,89,97)(H,90,98)(H,91,99)(H,92,100)(H,113,114)(H,115,116)/t47?,48?,49?,50?,53-,54-,55+,56+,57+,58+,59?,60?,67?,68?,69-,70-,71+,72+,73+,74+,75?,76?,77-,78-,79?,80?,85-,86-,87+,88+/m1/s1. The second-order valence-corrected chi connectivity index (χ2v) is 38.7. The molecular formula is C88H144N6O38S2. The Labute approximate surface area is 787 Å². The molecule has 46 heteroatoms. The summed E-state index contributed by atoms with van der Waals surface area (Å²) in [4.78, 5) is 135. The van der Waals surface area contributed by atoms with Gasteiger partial charge in [-0.25, -0.2) is 9.59 Å². The zero-order valence-electron chi connectivity index (χ0n) is 76.9. The van der Waals surface area contributed by atoms with Crippen molar-refractivity contribution < 1.29 is 185 Å². The van der Waals surface area contributed by atoms with Crippen LogP contribution in [0.5, 0.6) is 0 Å². The molecule has 0 radical (unpaired) electrons. The van der Waals surface area contributed by atoms with E-state index < -0.39 is 254 Å². The zero-order chi connectivity index (χ0) is 96.7. The molecule has 6 heterocycles. The summed E-state index contributed by atoms with van der Waals surface area (Å²) in [7, 11) is 0. The molecule has 0 spiro atoms. The van der Waals surface area contributed by atoms with Crippen molar-refractivity contribution in [1.29, 1.82) is 0 Å². The smallest absolute Gasteiger partial charge is 0.332 e. The van der Waals surface area contributed by atoms with Gasteiger partial charge in [0.1, 0.15) is 85.3 Å². The van der Waals surface area contributed by atoms with Crippen molar-refractivity contribution in [2.75, 3.05) is 130 Å². The van der Waals surface area contributed by atoms with E-state index in [1.165, 1.54) is 13.8 Å². The number of imide groups is 2. The number of ether oxygens (including phenoxy) is 16. The van der Waals surface area contributed by atoms with Crippen LogP contribution in [-0.4, -0.2) is 430 Å². The highest BCUT2D eigenvalue weighted by atomic mass is 32.2. The van der Waals surface area contributed by atoms with Gasteiger partial charge in [-0.2, -0.15) is 0 Å². The Morgan fingerprint density at radius 1 is 0.396 bits per heavy atom. The molecule has 10 rings (SSSR count). The van der Waals surface area contributed by atoms with Crippen LogP contribution in [0.15, 0.2) is 0 Å². The molecule has 6 aliphatic heterocycles. The summed E-state index contributed by atoms with van der Waals surface area (Å²) in [6, 6.07) is -2.87. The first kappa shape index (κ1) is 111. The van der Waals surface area contributed by atoms with Crippen molar-refractivity contribution in [2.45, 2.75) is 339 Å². The molecule has 30 atom stereocenters. The van der Waals surface area contributed by atoms with E-state index in [0.29, 0.717) is 51.7 Å². The Kier molecular flexibility index (Phi) is 46.6. The number of thioether (sulfide) groups is 2. The molecule has 6 saturated heterocycles. The third-order valence-electron chi connectivity index (χ3n) is 26.4. The summed E-state index contributed by atoms with van der Waals surface area (Å²) in [5, 5.41) is 138. The summed E-state index contributed by atoms with van der Waals surface area (Å²) < 4.78 is 95.6. The topological polar surface area (TPSA) is 616 Å². The highest BCUT2D eigenvalue weighted by molar-refractivity contribution is 8.01. The maximum Gasteiger partial charge on any atom is 0.332 e. The van der Waals surface area contributed by atoms with E-state index in [2.05, 4.69) is 21.3 Å². The molecule has 0 aromatic carbocycles. The number of nitrogens with one attached hydrogen (secondary N) is 4. The molecule has 10 aliphatic rings. The van der Waals surface area contributed by atoms with Crippen LogP contribution in [0, 0.1) is 23.7 Å². The molecule has 4 saturated carbocycles. The van der Waals surface area contributed by atoms with E-state index >= 15 is 0 Å². The maximum atomic E-state index is 14.1. The summed E-state index contributed by atoms with van der Waals surface area (Å²) in [5.74, 6) is -8.61. The molecule has 134 heavy (non-hydrogen) atoms. The Morgan fingerprint density at radius 3 is 1.07 bits per heavy atom. The van der Waals surface area contributed by atoms with Crippen molar-refractivity contribution in [3.05, 3.63) is 0 Å². The highest BCUT2D eigenvalue weighted by Gasteiger charge is 2.56. The van der Waals surface area contributed by atoms with Crippen LogP contribution in [0.2, 0.25) is 0 Å².